The number of thioether (sulfide) groups is 1. The Balaban J connectivity index is 3.06. The first kappa shape index (κ1) is 11.6. The number of halogens is 6. The molecule has 1 rings (SSSR count). The van der Waals surface area contributed by atoms with Crippen molar-refractivity contribution >= 4 is 23.4 Å². The standard InChI is InChI=1S/C5HClF5N2S/c6-2-1-12-13(5(9,10)11)3(2)14-4(7)8/h4H. The van der Waals surface area contributed by atoms with Gasteiger partial charge in [0.25, 0.3) is 5.76 Å². The summed E-state index contributed by atoms with van der Waals surface area (Å²) in [6.07, 6.45) is -3.12. The van der Waals surface area contributed by atoms with Gasteiger partial charge in [-0.2, -0.15) is 18.6 Å². The molecule has 0 bridgehead atoms. The summed E-state index contributed by atoms with van der Waals surface area (Å²) in [4.78, 5) is 0. The minimum Gasteiger partial charge on any atom is -0.198 e. The molecule has 0 atom stereocenters. The highest BCUT2D eigenvalue weighted by molar-refractivity contribution is 7.99. The number of alkyl halides is 5. The van der Waals surface area contributed by atoms with Crippen molar-refractivity contribution in [2.45, 2.75) is 17.1 Å². The zero-order chi connectivity index (χ0) is 10.9. The molecular formula is C5HClF5N2S. The molecule has 0 saturated heterocycles. The fraction of sp³-hybridized carbons (Fsp3) is 0.400. The van der Waals surface area contributed by atoms with E-state index < -0.39 is 26.8 Å². The zero-order valence-electron chi connectivity index (χ0n) is 6.15. The molecule has 0 aliphatic heterocycles. The van der Waals surface area contributed by atoms with Gasteiger partial charge in [0.2, 0.25) is 0 Å². The Morgan fingerprint density at radius 2 is 2.00 bits per heavy atom. The topological polar surface area (TPSA) is 17.8 Å². The molecule has 1 heterocycles. The van der Waals surface area contributed by atoms with Gasteiger partial charge in [0.15, 0.2) is 0 Å². The van der Waals surface area contributed by atoms with Crippen molar-refractivity contribution in [2.75, 3.05) is 0 Å². The predicted molar refractivity (Wildman–Crippen MR) is 39.2 cm³/mol. The second-order valence-corrected chi connectivity index (χ2v) is 3.35. The van der Waals surface area contributed by atoms with Crippen LogP contribution in [0.15, 0.2) is 5.03 Å². The number of aromatic nitrogens is 2. The fourth-order valence-electron chi connectivity index (χ4n) is 0.638. The molecule has 0 aliphatic carbocycles. The van der Waals surface area contributed by atoms with E-state index in [4.69, 9.17) is 11.6 Å². The molecule has 0 spiro atoms. The van der Waals surface area contributed by atoms with Gasteiger partial charge < -0.3 is 0 Å². The lowest BCUT2D eigenvalue weighted by atomic mass is 10.7. The molecule has 0 amide bonds. The predicted octanol–water partition coefficient (Wildman–Crippen LogP) is 3.13. The molecule has 0 aromatic carbocycles. The largest absolute Gasteiger partial charge is 0.505 e. The lowest BCUT2D eigenvalue weighted by molar-refractivity contribution is -0.217. The third kappa shape index (κ3) is 2.50. The molecule has 9 heteroatoms. The summed E-state index contributed by atoms with van der Waals surface area (Å²) in [6.45, 7) is 0. The minimum atomic E-state index is -4.87. The maximum absolute atomic E-state index is 12.1. The minimum absolute atomic E-state index is 0.331. The molecule has 0 N–H and O–H groups in total. The fourth-order valence-corrected chi connectivity index (χ4v) is 1.45. The van der Waals surface area contributed by atoms with Crippen LogP contribution in [-0.2, 0) is 6.30 Å². The van der Waals surface area contributed by atoms with Crippen molar-refractivity contribution in [3.05, 3.63) is 11.2 Å². The first-order chi connectivity index (χ1) is 6.32. The highest BCUT2D eigenvalue weighted by atomic mass is 35.5. The van der Waals surface area contributed by atoms with E-state index >= 15 is 0 Å². The Hall–Kier alpha value is -0.500. The Bertz CT molecular complexity index is 322. The number of hydrogen-bond donors (Lipinski definition) is 0. The summed E-state index contributed by atoms with van der Waals surface area (Å²) in [5.41, 5.74) is 0. The molecule has 0 aliphatic rings. The van der Waals surface area contributed by atoms with E-state index in [9.17, 15) is 22.0 Å². The molecule has 0 saturated carbocycles. The van der Waals surface area contributed by atoms with Crippen molar-refractivity contribution in [3.63, 3.8) is 0 Å². The van der Waals surface area contributed by atoms with E-state index in [1.54, 1.807) is 6.20 Å². The average Bonchev–Trinajstić information content (AvgIpc) is 2.30. The van der Waals surface area contributed by atoms with Crippen LogP contribution >= 0.6 is 23.4 Å². The van der Waals surface area contributed by atoms with E-state index in [2.05, 4.69) is 5.10 Å². The van der Waals surface area contributed by atoms with Gasteiger partial charge in [0.1, 0.15) is 16.2 Å². The molecule has 0 fully saturated rings. The van der Waals surface area contributed by atoms with Crippen LogP contribution in [0.1, 0.15) is 0 Å². The molecule has 79 valence electrons. The first-order valence-electron chi connectivity index (χ1n) is 3.00. The van der Waals surface area contributed by atoms with Crippen LogP contribution in [0.4, 0.5) is 22.0 Å². The third-order valence-electron chi connectivity index (χ3n) is 1.07. The van der Waals surface area contributed by atoms with E-state index in [-0.39, 0.29) is 11.8 Å². The number of hydrogen-bond acceptors (Lipinski definition) is 2. The summed E-state index contributed by atoms with van der Waals surface area (Å²) in [7, 11) is 0. The first-order valence-corrected chi connectivity index (χ1v) is 4.26. The van der Waals surface area contributed by atoms with Gasteiger partial charge in [0, 0.05) is 0 Å². The maximum Gasteiger partial charge on any atom is 0.505 e. The van der Waals surface area contributed by atoms with Crippen molar-refractivity contribution in [1.82, 2.24) is 9.78 Å². The van der Waals surface area contributed by atoms with Gasteiger partial charge >= 0.3 is 6.30 Å². The van der Waals surface area contributed by atoms with Gasteiger partial charge in [-0.15, -0.1) is 13.2 Å². The van der Waals surface area contributed by atoms with Crippen LogP contribution in [0.5, 0.6) is 0 Å². The summed E-state index contributed by atoms with van der Waals surface area (Å²) >= 11 is 4.87. The van der Waals surface area contributed by atoms with Crippen LogP contribution in [0.3, 0.4) is 0 Å². The third-order valence-corrected chi connectivity index (χ3v) is 2.22. The summed E-state index contributed by atoms with van der Waals surface area (Å²) < 4.78 is 59.3. The molecule has 1 aromatic rings. The number of rotatable bonds is 2. The molecule has 14 heavy (non-hydrogen) atoms. The lowest BCUT2D eigenvalue weighted by Crippen LogP contribution is -2.19. The quantitative estimate of drug-likeness (QED) is 0.594. The SMILES string of the molecule is FC(F)Sc1c(Cl)[c]nn1C(F)(F)F. The van der Waals surface area contributed by atoms with Gasteiger partial charge in [-0.1, -0.05) is 11.6 Å². The Kier molecular flexibility index (Phi) is 3.25. The summed E-state index contributed by atoms with van der Waals surface area (Å²) in [5, 5.41) is 1.28. The monoisotopic (exact) mass is 251 g/mol. The van der Waals surface area contributed by atoms with Crippen molar-refractivity contribution in [1.29, 1.82) is 0 Å². The van der Waals surface area contributed by atoms with Crippen LogP contribution in [0, 0.1) is 6.20 Å². The van der Waals surface area contributed by atoms with Gasteiger partial charge in [0.05, 0.1) is 0 Å². The van der Waals surface area contributed by atoms with Crippen LogP contribution in [-0.4, -0.2) is 15.5 Å². The molecule has 0 unspecified atom stereocenters. The van der Waals surface area contributed by atoms with Crippen LogP contribution < -0.4 is 0 Å². The second-order valence-electron chi connectivity index (χ2n) is 1.99. The van der Waals surface area contributed by atoms with Crippen LogP contribution in [0.25, 0.3) is 0 Å². The zero-order valence-corrected chi connectivity index (χ0v) is 7.72. The number of nitrogens with zero attached hydrogens (tertiary/aromatic N) is 2. The van der Waals surface area contributed by atoms with Gasteiger partial charge in [-0.3, -0.25) is 0 Å². The molecular weight excluding hydrogens is 251 g/mol. The summed E-state index contributed by atoms with van der Waals surface area (Å²) in [6, 6.07) is 0. The molecule has 2 nitrogen and oxygen atoms in total. The van der Waals surface area contributed by atoms with Crippen molar-refractivity contribution in [2.24, 2.45) is 0 Å². The van der Waals surface area contributed by atoms with Gasteiger partial charge in [-0.05, 0) is 11.8 Å². The summed E-state index contributed by atoms with van der Waals surface area (Å²) in [5.74, 6) is -3.00. The highest BCUT2D eigenvalue weighted by Crippen LogP contribution is 2.36. The Morgan fingerprint density at radius 3 is 2.43 bits per heavy atom. The highest BCUT2D eigenvalue weighted by Gasteiger charge is 2.36. The molecule has 1 radical (unpaired) electrons. The van der Waals surface area contributed by atoms with Crippen LogP contribution in [0.2, 0.25) is 5.02 Å². The van der Waals surface area contributed by atoms with E-state index in [0.717, 1.165) is 0 Å². The normalized spacial score (nSPS) is 12.5. The second kappa shape index (κ2) is 3.93. The maximum atomic E-state index is 12.1. The van der Waals surface area contributed by atoms with E-state index in [0.29, 0.717) is 0 Å². The Labute approximate surface area is 84.0 Å². The van der Waals surface area contributed by atoms with E-state index in [1.807, 2.05) is 0 Å². The van der Waals surface area contributed by atoms with E-state index in [1.165, 1.54) is 0 Å². The average molecular weight is 252 g/mol. The van der Waals surface area contributed by atoms with Crippen molar-refractivity contribution in [3.8, 4) is 0 Å². The van der Waals surface area contributed by atoms with Crippen molar-refractivity contribution < 1.29 is 22.0 Å². The lowest BCUT2D eigenvalue weighted by Gasteiger charge is -2.09. The smallest absolute Gasteiger partial charge is 0.198 e. The van der Waals surface area contributed by atoms with Gasteiger partial charge in [-0.25, -0.2) is 0 Å². The molecule has 1 aromatic heterocycles. The Morgan fingerprint density at radius 1 is 1.43 bits per heavy atom.